The maximum absolute atomic E-state index is 13.2. The maximum Gasteiger partial charge on any atom is 0.338 e. The van der Waals surface area contributed by atoms with Crippen molar-refractivity contribution in [3.8, 4) is 5.75 Å². The minimum absolute atomic E-state index is 0.0583. The molecule has 0 aromatic heterocycles. The van der Waals surface area contributed by atoms with E-state index in [-0.39, 0.29) is 29.6 Å². The molecule has 2 aromatic rings. The zero-order valence-electron chi connectivity index (χ0n) is 13.2. The van der Waals surface area contributed by atoms with Gasteiger partial charge in [-0.25, -0.2) is 9.18 Å². The molecule has 0 saturated carbocycles. The van der Waals surface area contributed by atoms with E-state index in [2.05, 4.69) is 0 Å². The maximum atomic E-state index is 13.2. The van der Waals surface area contributed by atoms with Gasteiger partial charge < -0.3 is 14.7 Å². The number of carbonyl (C=O) groups excluding carboxylic acids is 2. The Bertz CT molecular complexity index is 732. The van der Waals surface area contributed by atoms with Crippen LogP contribution in [0.5, 0.6) is 5.75 Å². The molecule has 24 heavy (non-hydrogen) atoms. The third-order valence-electron chi connectivity index (χ3n) is 3.41. The number of phenolic OH excluding ortho intramolecular Hbond substituents is 1. The summed E-state index contributed by atoms with van der Waals surface area (Å²) in [7, 11) is 0. The molecule has 0 fully saturated rings. The van der Waals surface area contributed by atoms with Crippen LogP contribution in [0.1, 0.15) is 22.8 Å². The zero-order chi connectivity index (χ0) is 17.5. The standard InChI is InChI=1S/C18H18FNO4/c1-2-20(11-13-5-3-7-15(19)9-13)17(22)12-24-18(23)14-6-4-8-16(21)10-14/h3-10,21H,2,11-12H2,1H3. The molecule has 0 radical (unpaired) electrons. The Kier molecular flexibility index (Phi) is 5.89. The number of ether oxygens (including phenoxy) is 1. The van der Waals surface area contributed by atoms with Crippen LogP contribution in [0.4, 0.5) is 4.39 Å². The Labute approximate surface area is 139 Å². The number of likely N-dealkylation sites (N-methyl/N-ethyl adjacent to an activating group) is 1. The third kappa shape index (κ3) is 4.81. The van der Waals surface area contributed by atoms with Crippen LogP contribution < -0.4 is 0 Å². The normalized spacial score (nSPS) is 10.2. The molecule has 2 aromatic carbocycles. The molecule has 6 heteroatoms. The third-order valence-corrected chi connectivity index (χ3v) is 3.41. The molecule has 1 N–H and O–H groups in total. The quantitative estimate of drug-likeness (QED) is 0.827. The Hall–Kier alpha value is -2.89. The Morgan fingerprint density at radius 2 is 1.92 bits per heavy atom. The molecule has 0 bridgehead atoms. The first kappa shape index (κ1) is 17.5. The number of esters is 1. The second kappa shape index (κ2) is 8.10. The van der Waals surface area contributed by atoms with E-state index in [0.717, 1.165) is 0 Å². The highest BCUT2D eigenvalue weighted by molar-refractivity contribution is 5.91. The molecule has 0 aliphatic rings. The molecule has 0 aliphatic carbocycles. The summed E-state index contributed by atoms with van der Waals surface area (Å²) in [5, 5.41) is 9.34. The monoisotopic (exact) mass is 331 g/mol. The molecule has 0 aliphatic heterocycles. The van der Waals surface area contributed by atoms with Gasteiger partial charge in [0.1, 0.15) is 11.6 Å². The van der Waals surface area contributed by atoms with Gasteiger partial charge in [0.2, 0.25) is 0 Å². The second-order valence-corrected chi connectivity index (χ2v) is 5.16. The lowest BCUT2D eigenvalue weighted by molar-refractivity contribution is -0.134. The lowest BCUT2D eigenvalue weighted by Gasteiger charge is -2.21. The van der Waals surface area contributed by atoms with E-state index in [1.54, 1.807) is 19.1 Å². The van der Waals surface area contributed by atoms with Crippen molar-refractivity contribution in [3.05, 3.63) is 65.5 Å². The van der Waals surface area contributed by atoms with Gasteiger partial charge in [-0.15, -0.1) is 0 Å². The van der Waals surface area contributed by atoms with Crippen molar-refractivity contribution in [2.45, 2.75) is 13.5 Å². The number of nitrogens with zero attached hydrogens (tertiary/aromatic N) is 1. The number of carbonyl (C=O) groups is 2. The molecule has 0 heterocycles. The second-order valence-electron chi connectivity index (χ2n) is 5.16. The molecular weight excluding hydrogens is 313 g/mol. The first-order chi connectivity index (χ1) is 11.5. The Morgan fingerprint density at radius 1 is 1.17 bits per heavy atom. The van der Waals surface area contributed by atoms with E-state index in [9.17, 15) is 19.1 Å². The first-order valence-corrected chi connectivity index (χ1v) is 7.48. The average Bonchev–Trinajstić information content (AvgIpc) is 2.57. The van der Waals surface area contributed by atoms with Crippen LogP contribution in [0.2, 0.25) is 0 Å². The largest absolute Gasteiger partial charge is 0.508 e. The van der Waals surface area contributed by atoms with Gasteiger partial charge in [0.15, 0.2) is 6.61 Å². The predicted octanol–water partition coefficient (Wildman–Crippen LogP) is 2.74. The highest BCUT2D eigenvalue weighted by atomic mass is 19.1. The van der Waals surface area contributed by atoms with Gasteiger partial charge in [-0.3, -0.25) is 4.79 Å². The minimum Gasteiger partial charge on any atom is -0.508 e. The number of hydrogen-bond donors (Lipinski definition) is 1. The van der Waals surface area contributed by atoms with Crippen molar-refractivity contribution < 1.29 is 23.8 Å². The number of hydrogen-bond acceptors (Lipinski definition) is 4. The SMILES string of the molecule is CCN(Cc1cccc(F)c1)C(=O)COC(=O)c1cccc(O)c1. The van der Waals surface area contributed by atoms with Crippen LogP contribution in [-0.2, 0) is 16.1 Å². The number of phenols is 1. The molecule has 0 saturated heterocycles. The van der Waals surface area contributed by atoms with Gasteiger partial charge in [-0.1, -0.05) is 18.2 Å². The van der Waals surface area contributed by atoms with Gasteiger partial charge in [-0.2, -0.15) is 0 Å². The van der Waals surface area contributed by atoms with Gasteiger partial charge in [0.05, 0.1) is 5.56 Å². The van der Waals surface area contributed by atoms with E-state index in [0.29, 0.717) is 12.1 Å². The van der Waals surface area contributed by atoms with Crippen molar-refractivity contribution in [1.29, 1.82) is 0 Å². The van der Waals surface area contributed by atoms with Crippen molar-refractivity contribution in [2.24, 2.45) is 0 Å². The number of benzene rings is 2. The molecule has 0 spiro atoms. The van der Waals surface area contributed by atoms with Gasteiger partial charge >= 0.3 is 5.97 Å². The fraction of sp³-hybridized carbons (Fsp3) is 0.222. The molecule has 1 amide bonds. The summed E-state index contributed by atoms with van der Waals surface area (Å²) >= 11 is 0. The molecule has 2 rings (SSSR count). The molecule has 0 atom stereocenters. The van der Waals surface area contributed by atoms with Gasteiger partial charge in [-0.05, 0) is 42.8 Å². The predicted molar refractivity (Wildman–Crippen MR) is 85.9 cm³/mol. The van der Waals surface area contributed by atoms with Crippen LogP contribution in [0.25, 0.3) is 0 Å². The fourth-order valence-corrected chi connectivity index (χ4v) is 2.17. The summed E-state index contributed by atoms with van der Waals surface area (Å²) < 4.78 is 18.2. The lowest BCUT2D eigenvalue weighted by atomic mass is 10.2. The summed E-state index contributed by atoms with van der Waals surface area (Å²) in [5.74, 6) is -1.50. The van der Waals surface area contributed by atoms with E-state index in [4.69, 9.17) is 4.74 Å². The summed E-state index contributed by atoms with van der Waals surface area (Å²) in [4.78, 5) is 25.5. The minimum atomic E-state index is -0.693. The molecule has 126 valence electrons. The van der Waals surface area contributed by atoms with E-state index in [1.165, 1.54) is 41.3 Å². The smallest absolute Gasteiger partial charge is 0.338 e. The van der Waals surface area contributed by atoms with Crippen LogP contribution >= 0.6 is 0 Å². The average molecular weight is 331 g/mol. The van der Waals surface area contributed by atoms with Gasteiger partial charge in [0.25, 0.3) is 5.91 Å². The highest BCUT2D eigenvalue weighted by Crippen LogP contribution is 2.12. The number of rotatable bonds is 6. The van der Waals surface area contributed by atoms with E-state index in [1.807, 2.05) is 0 Å². The summed E-state index contributed by atoms with van der Waals surface area (Å²) in [6.07, 6.45) is 0. The number of amides is 1. The first-order valence-electron chi connectivity index (χ1n) is 7.48. The molecule has 5 nitrogen and oxygen atoms in total. The number of aromatic hydroxyl groups is 1. The van der Waals surface area contributed by atoms with E-state index < -0.39 is 12.6 Å². The fourth-order valence-electron chi connectivity index (χ4n) is 2.17. The zero-order valence-corrected chi connectivity index (χ0v) is 13.2. The highest BCUT2D eigenvalue weighted by Gasteiger charge is 2.16. The van der Waals surface area contributed by atoms with Crippen LogP contribution in [0.3, 0.4) is 0 Å². The van der Waals surface area contributed by atoms with Crippen LogP contribution in [-0.4, -0.2) is 35.0 Å². The van der Waals surface area contributed by atoms with Crippen LogP contribution in [0.15, 0.2) is 48.5 Å². The van der Waals surface area contributed by atoms with Gasteiger partial charge in [0, 0.05) is 13.1 Å². The summed E-state index contributed by atoms with van der Waals surface area (Å²) in [5.41, 5.74) is 0.820. The summed E-state index contributed by atoms with van der Waals surface area (Å²) in [6, 6.07) is 11.7. The van der Waals surface area contributed by atoms with Crippen molar-refractivity contribution in [3.63, 3.8) is 0 Å². The Balaban J connectivity index is 1.93. The summed E-state index contributed by atoms with van der Waals surface area (Å²) in [6.45, 7) is 2.00. The van der Waals surface area contributed by atoms with E-state index >= 15 is 0 Å². The van der Waals surface area contributed by atoms with Crippen molar-refractivity contribution >= 4 is 11.9 Å². The van der Waals surface area contributed by atoms with Crippen molar-refractivity contribution in [1.82, 2.24) is 4.90 Å². The Morgan fingerprint density at radius 3 is 2.58 bits per heavy atom. The number of halogens is 1. The molecular formula is C18H18FNO4. The molecule has 0 unspecified atom stereocenters. The van der Waals surface area contributed by atoms with Crippen molar-refractivity contribution in [2.75, 3.05) is 13.2 Å². The topological polar surface area (TPSA) is 66.8 Å². The van der Waals surface area contributed by atoms with Crippen LogP contribution in [0, 0.1) is 5.82 Å². The lowest BCUT2D eigenvalue weighted by Crippen LogP contribution is -2.34.